The number of carboxylic acids is 1. The van der Waals surface area contributed by atoms with E-state index in [9.17, 15) is 19.2 Å². The second-order valence-corrected chi connectivity index (χ2v) is 8.61. The summed E-state index contributed by atoms with van der Waals surface area (Å²) >= 11 is 0. The molecule has 0 spiro atoms. The highest BCUT2D eigenvalue weighted by Crippen LogP contribution is 2.14. The first-order valence-corrected chi connectivity index (χ1v) is 9.52. The van der Waals surface area contributed by atoms with Crippen molar-refractivity contribution in [3.63, 3.8) is 0 Å². The lowest BCUT2D eigenvalue weighted by Crippen LogP contribution is -2.48. The first-order chi connectivity index (χ1) is 14.1. The summed E-state index contributed by atoms with van der Waals surface area (Å²) in [6.07, 6.45) is -2.17. The third-order valence-corrected chi connectivity index (χ3v) is 3.23. The molecule has 0 heterocycles. The van der Waals surface area contributed by atoms with Crippen LogP contribution in [0.5, 0.6) is 5.75 Å². The maximum Gasteiger partial charge on any atom is 0.513 e. The fraction of sp³-hybridized carbons (Fsp3) is 0.524. The average Bonchev–Trinajstić information content (AvgIpc) is 2.56. The zero-order valence-corrected chi connectivity index (χ0v) is 18.5. The Bertz CT molecular complexity index is 789. The minimum atomic E-state index is -1.32. The number of amides is 1. The second-order valence-electron chi connectivity index (χ2n) is 8.61. The van der Waals surface area contributed by atoms with E-state index in [0.29, 0.717) is 5.56 Å². The molecule has 1 aromatic rings. The molecule has 0 unspecified atom stereocenters. The van der Waals surface area contributed by atoms with Crippen LogP contribution < -0.4 is 10.1 Å². The molecule has 0 bridgehead atoms. The van der Waals surface area contributed by atoms with Crippen LogP contribution in [0, 0.1) is 0 Å². The number of carbonyl (C=O) groups excluding carboxylic acids is 3. The summed E-state index contributed by atoms with van der Waals surface area (Å²) in [6.45, 7) is 9.37. The maximum atomic E-state index is 12.4. The summed E-state index contributed by atoms with van der Waals surface area (Å²) in [6, 6.07) is 4.47. The third-order valence-electron chi connectivity index (χ3n) is 3.23. The van der Waals surface area contributed by atoms with E-state index in [1.165, 1.54) is 24.3 Å². The molecule has 1 atom stereocenters. The van der Waals surface area contributed by atoms with Gasteiger partial charge in [-0.05, 0) is 59.2 Å². The fourth-order valence-electron chi connectivity index (χ4n) is 2.12. The van der Waals surface area contributed by atoms with E-state index in [4.69, 9.17) is 24.1 Å². The predicted octanol–water partition coefficient (Wildman–Crippen LogP) is 3.06. The van der Waals surface area contributed by atoms with Gasteiger partial charge in [-0.2, -0.15) is 0 Å². The lowest BCUT2D eigenvalue weighted by molar-refractivity contribution is -0.158. The molecule has 0 aromatic heterocycles. The minimum Gasteiger partial charge on any atom is -0.481 e. The first-order valence-electron chi connectivity index (χ1n) is 9.52. The highest BCUT2D eigenvalue weighted by Gasteiger charge is 2.30. The van der Waals surface area contributed by atoms with Crippen molar-refractivity contribution in [3.05, 3.63) is 29.8 Å². The van der Waals surface area contributed by atoms with E-state index in [0.717, 1.165) is 0 Å². The van der Waals surface area contributed by atoms with Gasteiger partial charge in [0.1, 0.15) is 23.6 Å². The van der Waals surface area contributed by atoms with Gasteiger partial charge < -0.3 is 29.4 Å². The SMILES string of the molecule is CC(C)(C)OC(=O)N[C@H](COC(=O)Oc1ccc(CC(=O)O)cc1)C(=O)OC(C)(C)C. The maximum absolute atomic E-state index is 12.4. The van der Waals surface area contributed by atoms with E-state index < -0.39 is 48.0 Å². The first kappa shape index (κ1) is 25.7. The van der Waals surface area contributed by atoms with Crippen molar-refractivity contribution in [2.24, 2.45) is 0 Å². The van der Waals surface area contributed by atoms with E-state index in [-0.39, 0.29) is 12.2 Å². The largest absolute Gasteiger partial charge is 0.513 e. The van der Waals surface area contributed by atoms with Crippen molar-refractivity contribution in [3.8, 4) is 5.75 Å². The Morgan fingerprint density at radius 2 is 1.48 bits per heavy atom. The Labute approximate surface area is 180 Å². The van der Waals surface area contributed by atoms with Crippen LogP contribution in [0.1, 0.15) is 47.1 Å². The summed E-state index contributed by atoms with van der Waals surface area (Å²) in [5.74, 6) is -1.68. The van der Waals surface area contributed by atoms with Gasteiger partial charge in [0.25, 0.3) is 0 Å². The highest BCUT2D eigenvalue weighted by atomic mass is 16.7. The van der Waals surface area contributed by atoms with E-state index in [2.05, 4.69) is 5.32 Å². The number of ether oxygens (including phenoxy) is 4. The van der Waals surface area contributed by atoms with Crippen LogP contribution in [0.25, 0.3) is 0 Å². The standard InChI is InChI=1S/C21H29NO9/c1-20(2,3)30-17(25)15(22-18(26)31-21(4,5)6)12-28-19(27)29-14-9-7-13(8-10-14)11-16(23)24/h7-10,15H,11-12H2,1-6H3,(H,22,26)(H,23,24)/t15-/m1/s1. The van der Waals surface area contributed by atoms with Gasteiger partial charge in [0.2, 0.25) is 0 Å². The van der Waals surface area contributed by atoms with Crippen molar-refractivity contribution < 1.29 is 43.2 Å². The number of nitrogens with one attached hydrogen (secondary N) is 1. The molecule has 1 amide bonds. The third kappa shape index (κ3) is 11.5. The van der Waals surface area contributed by atoms with Crippen LogP contribution >= 0.6 is 0 Å². The molecule has 0 saturated carbocycles. The van der Waals surface area contributed by atoms with Crippen molar-refractivity contribution in [2.75, 3.05) is 6.61 Å². The Kier molecular flexibility index (Phi) is 8.84. The summed E-state index contributed by atoms with van der Waals surface area (Å²) in [5.41, 5.74) is -1.10. The molecule has 1 aromatic carbocycles. The van der Waals surface area contributed by atoms with E-state index in [1.54, 1.807) is 41.5 Å². The van der Waals surface area contributed by atoms with Gasteiger partial charge in [-0.15, -0.1) is 0 Å². The quantitative estimate of drug-likeness (QED) is 0.373. The van der Waals surface area contributed by atoms with Crippen molar-refractivity contribution in [2.45, 2.75) is 65.2 Å². The Hall–Kier alpha value is -3.30. The number of esters is 1. The molecule has 2 N–H and O–H groups in total. The summed E-state index contributed by atoms with van der Waals surface area (Å²) in [5, 5.41) is 11.1. The number of aliphatic carboxylic acids is 1. The Morgan fingerprint density at radius 3 is 1.97 bits per heavy atom. The van der Waals surface area contributed by atoms with Gasteiger partial charge in [0.05, 0.1) is 6.42 Å². The normalized spacial score (nSPS) is 12.3. The number of alkyl carbamates (subject to hydrolysis) is 1. The number of carboxylic acid groups (broad SMARTS) is 1. The molecule has 0 aliphatic rings. The Morgan fingerprint density at radius 1 is 0.935 bits per heavy atom. The van der Waals surface area contributed by atoms with Gasteiger partial charge in [0.15, 0.2) is 6.04 Å². The van der Waals surface area contributed by atoms with Crippen LogP contribution in [0.4, 0.5) is 9.59 Å². The van der Waals surface area contributed by atoms with Crippen molar-refractivity contribution in [1.29, 1.82) is 0 Å². The van der Waals surface area contributed by atoms with Gasteiger partial charge >= 0.3 is 24.2 Å². The number of hydrogen-bond donors (Lipinski definition) is 2. The van der Waals surface area contributed by atoms with Crippen LogP contribution in [0.2, 0.25) is 0 Å². The zero-order valence-electron chi connectivity index (χ0n) is 18.5. The molecule has 31 heavy (non-hydrogen) atoms. The van der Waals surface area contributed by atoms with Gasteiger partial charge in [-0.3, -0.25) is 4.79 Å². The number of carbonyl (C=O) groups is 4. The summed E-state index contributed by atoms with van der Waals surface area (Å²) in [7, 11) is 0. The van der Waals surface area contributed by atoms with Crippen LogP contribution in [-0.4, -0.2) is 53.1 Å². The lowest BCUT2D eigenvalue weighted by Gasteiger charge is -2.26. The summed E-state index contributed by atoms with van der Waals surface area (Å²) in [4.78, 5) is 47.1. The molecule has 0 saturated heterocycles. The van der Waals surface area contributed by atoms with Crippen molar-refractivity contribution >= 4 is 24.2 Å². The monoisotopic (exact) mass is 439 g/mol. The molecular weight excluding hydrogens is 410 g/mol. The van der Waals surface area contributed by atoms with Crippen LogP contribution in [0.3, 0.4) is 0 Å². The lowest BCUT2D eigenvalue weighted by atomic mass is 10.1. The molecule has 0 radical (unpaired) electrons. The number of hydrogen-bond acceptors (Lipinski definition) is 8. The zero-order chi connectivity index (χ0) is 23.8. The molecule has 0 aliphatic heterocycles. The van der Waals surface area contributed by atoms with Crippen LogP contribution in [0.15, 0.2) is 24.3 Å². The second kappa shape index (κ2) is 10.6. The van der Waals surface area contributed by atoms with E-state index in [1.807, 2.05) is 0 Å². The molecule has 0 fully saturated rings. The topological polar surface area (TPSA) is 137 Å². The van der Waals surface area contributed by atoms with Gasteiger partial charge in [0, 0.05) is 0 Å². The number of benzene rings is 1. The smallest absolute Gasteiger partial charge is 0.481 e. The average molecular weight is 439 g/mol. The summed E-state index contributed by atoms with van der Waals surface area (Å²) < 4.78 is 20.3. The van der Waals surface area contributed by atoms with Gasteiger partial charge in [-0.1, -0.05) is 12.1 Å². The molecule has 172 valence electrons. The number of rotatable bonds is 7. The predicted molar refractivity (Wildman–Crippen MR) is 109 cm³/mol. The minimum absolute atomic E-state index is 0.119. The fourth-order valence-corrected chi connectivity index (χ4v) is 2.12. The van der Waals surface area contributed by atoms with Crippen LogP contribution in [-0.2, 0) is 30.2 Å². The molecular formula is C21H29NO9. The molecule has 0 aliphatic carbocycles. The molecule has 10 nitrogen and oxygen atoms in total. The van der Waals surface area contributed by atoms with Crippen molar-refractivity contribution in [1.82, 2.24) is 5.32 Å². The van der Waals surface area contributed by atoms with Gasteiger partial charge in [-0.25, -0.2) is 14.4 Å². The molecule has 1 rings (SSSR count). The molecule has 10 heteroatoms. The van der Waals surface area contributed by atoms with E-state index >= 15 is 0 Å². The Balaban J connectivity index is 2.72. The highest BCUT2D eigenvalue weighted by molar-refractivity contribution is 5.82.